The molecule has 0 bridgehead atoms. The highest BCUT2D eigenvalue weighted by molar-refractivity contribution is 5.59. The van der Waals surface area contributed by atoms with Gasteiger partial charge < -0.3 is 10.6 Å². The fourth-order valence-corrected chi connectivity index (χ4v) is 3.01. The third kappa shape index (κ3) is 3.54. The smallest absolute Gasteiger partial charge is 0.370 e. The van der Waals surface area contributed by atoms with Crippen LogP contribution in [-0.4, -0.2) is 26.3 Å². The summed E-state index contributed by atoms with van der Waals surface area (Å²) in [5.74, 6) is 0.117. The highest BCUT2D eigenvalue weighted by Gasteiger charge is 2.41. The number of alkyl halides is 3. The maximum Gasteiger partial charge on any atom is 0.421 e. The number of nitriles is 1. The van der Waals surface area contributed by atoms with Crippen molar-refractivity contribution in [3.63, 3.8) is 0 Å². The third-order valence-corrected chi connectivity index (χ3v) is 4.67. The van der Waals surface area contributed by atoms with Gasteiger partial charge in [0.15, 0.2) is 0 Å². The second kappa shape index (κ2) is 6.40. The molecule has 2 N–H and O–H groups in total. The van der Waals surface area contributed by atoms with Gasteiger partial charge >= 0.3 is 6.18 Å². The van der Waals surface area contributed by atoms with Gasteiger partial charge in [-0.05, 0) is 26.2 Å². The molecule has 2 heterocycles. The van der Waals surface area contributed by atoms with Crippen LogP contribution in [0.25, 0.3) is 0 Å². The minimum atomic E-state index is -4.53. The summed E-state index contributed by atoms with van der Waals surface area (Å²) in [4.78, 5) is 7.84. The van der Waals surface area contributed by atoms with Gasteiger partial charge in [0, 0.05) is 24.9 Å². The highest BCUT2D eigenvalue weighted by Crippen LogP contribution is 2.47. The summed E-state index contributed by atoms with van der Waals surface area (Å²) in [6.45, 7) is 2.01. The van der Waals surface area contributed by atoms with Crippen molar-refractivity contribution in [2.75, 3.05) is 17.2 Å². The largest absolute Gasteiger partial charge is 0.421 e. The van der Waals surface area contributed by atoms with Crippen LogP contribution in [0.1, 0.15) is 49.4 Å². The first-order valence-electron chi connectivity index (χ1n) is 8.84. The van der Waals surface area contributed by atoms with Crippen molar-refractivity contribution in [1.29, 1.82) is 5.26 Å². The summed E-state index contributed by atoms with van der Waals surface area (Å²) in [6, 6.07) is 2.30. The first kappa shape index (κ1) is 17.6. The monoisotopic (exact) mass is 377 g/mol. The molecule has 0 radical (unpaired) electrons. The van der Waals surface area contributed by atoms with E-state index in [4.69, 9.17) is 5.26 Å². The number of hydrogen-bond donors (Lipinski definition) is 2. The van der Waals surface area contributed by atoms with Crippen LogP contribution in [-0.2, 0) is 6.18 Å². The maximum atomic E-state index is 13.1. The molecular weight excluding hydrogens is 359 g/mol. The molecule has 0 saturated heterocycles. The van der Waals surface area contributed by atoms with Crippen LogP contribution in [0.15, 0.2) is 12.4 Å². The molecule has 2 aliphatic rings. The number of rotatable bonds is 6. The molecule has 27 heavy (non-hydrogen) atoms. The highest BCUT2D eigenvalue weighted by atomic mass is 19.4. The van der Waals surface area contributed by atoms with Gasteiger partial charge in [-0.15, -0.1) is 0 Å². The molecule has 0 aliphatic heterocycles. The van der Waals surface area contributed by atoms with Gasteiger partial charge in [-0.25, -0.2) is 4.98 Å². The average molecular weight is 377 g/mol. The molecule has 0 unspecified atom stereocenters. The topological polar surface area (TPSA) is 91.5 Å². The number of nitrogens with zero attached hydrogens (tertiary/aromatic N) is 5. The fraction of sp³-hybridized carbons (Fsp3) is 0.529. The van der Waals surface area contributed by atoms with Crippen molar-refractivity contribution in [1.82, 2.24) is 19.7 Å². The Balaban J connectivity index is 1.62. The van der Waals surface area contributed by atoms with E-state index in [1.54, 1.807) is 17.8 Å². The van der Waals surface area contributed by atoms with Crippen LogP contribution in [0.5, 0.6) is 0 Å². The lowest BCUT2D eigenvalue weighted by atomic mass is 10.2. The van der Waals surface area contributed by atoms with Gasteiger partial charge in [-0.2, -0.15) is 28.5 Å². The normalized spacial score (nSPS) is 21.6. The summed E-state index contributed by atoms with van der Waals surface area (Å²) >= 11 is 0. The van der Waals surface area contributed by atoms with Crippen molar-refractivity contribution >= 4 is 17.5 Å². The Labute approximate surface area is 153 Å². The van der Waals surface area contributed by atoms with Gasteiger partial charge in [-0.1, -0.05) is 0 Å². The fourth-order valence-electron chi connectivity index (χ4n) is 3.01. The minimum Gasteiger partial charge on any atom is -0.370 e. The summed E-state index contributed by atoms with van der Waals surface area (Å²) in [7, 11) is 0. The molecule has 142 valence electrons. The predicted molar refractivity (Wildman–Crippen MR) is 91.4 cm³/mol. The Hall–Kier alpha value is -2.83. The molecule has 0 spiro atoms. The first-order valence-corrected chi connectivity index (χ1v) is 8.84. The lowest BCUT2D eigenvalue weighted by Gasteiger charge is -2.13. The quantitative estimate of drug-likeness (QED) is 0.795. The lowest BCUT2D eigenvalue weighted by molar-refractivity contribution is -0.137. The van der Waals surface area contributed by atoms with Gasteiger partial charge in [0.2, 0.25) is 5.95 Å². The molecular formula is C17H18F3N7. The van der Waals surface area contributed by atoms with E-state index in [1.165, 1.54) is 0 Å². The van der Waals surface area contributed by atoms with Crippen molar-refractivity contribution < 1.29 is 13.2 Å². The van der Waals surface area contributed by atoms with E-state index in [9.17, 15) is 13.2 Å². The Morgan fingerprint density at radius 1 is 1.37 bits per heavy atom. The molecule has 2 aromatic heterocycles. The Kier molecular flexibility index (Phi) is 4.17. The molecule has 2 aliphatic carbocycles. The molecule has 2 aromatic rings. The van der Waals surface area contributed by atoms with E-state index in [0.717, 1.165) is 31.2 Å². The van der Waals surface area contributed by atoms with Crippen LogP contribution in [0.3, 0.4) is 0 Å². The number of nitrogens with one attached hydrogen (secondary N) is 2. The number of anilines is 3. The Morgan fingerprint density at radius 2 is 2.15 bits per heavy atom. The van der Waals surface area contributed by atoms with Crippen LogP contribution in [0.4, 0.5) is 30.6 Å². The van der Waals surface area contributed by atoms with Crippen LogP contribution >= 0.6 is 0 Å². The van der Waals surface area contributed by atoms with Gasteiger partial charge in [0.1, 0.15) is 11.4 Å². The van der Waals surface area contributed by atoms with Gasteiger partial charge in [-0.3, -0.25) is 4.68 Å². The SMILES string of the molecule is CCNc1nc(Nc2cn([C@H]3C[C@H]3C#N)nc2C2CC2)ncc1C(F)(F)F. The molecule has 7 nitrogen and oxygen atoms in total. The first-order chi connectivity index (χ1) is 12.9. The third-order valence-electron chi connectivity index (χ3n) is 4.67. The van der Waals surface area contributed by atoms with E-state index >= 15 is 0 Å². The standard InChI is InChI=1S/C17H18F3N7/c1-2-22-15-11(17(18,19)20)7-23-16(25-15)24-12-8-27(13-5-10(13)6-21)26-14(12)9-3-4-9/h7-10,13H,2-5H2,1H3,(H2,22,23,24,25)/t10-,13-/m0/s1. The second-order valence-corrected chi connectivity index (χ2v) is 6.83. The zero-order valence-corrected chi connectivity index (χ0v) is 14.6. The van der Waals surface area contributed by atoms with Crippen molar-refractivity contribution in [3.05, 3.63) is 23.7 Å². The van der Waals surface area contributed by atoms with Crippen molar-refractivity contribution in [3.8, 4) is 6.07 Å². The average Bonchev–Trinajstić information content (AvgIpc) is 3.53. The summed E-state index contributed by atoms with van der Waals surface area (Å²) in [5, 5.41) is 19.3. The molecule has 0 aromatic carbocycles. The Morgan fingerprint density at radius 3 is 2.74 bits per heavy atom. The zero-order valence-electron chi connectivity index (χ0n) is 14.6. The van der Waals surface area contributed by atoms with E-state index in [-0.39, 0.29) is 23.7 Å². The predicted octanol–water partition coefficient (Wildman–Crippen LogP) is 3.83. The number of aromatic nitrogens is 4. The molecule has 4 rings (SSSR count). The molecule has 0 amide bonds. The van der Waals surface area contributed by atoms with Gasteiger partial charge in [0.05, 0.1) is 29.4 Å². The van der Waals surface area contributed by atoms with E-state index in [2.05, 4.69) is 31.8 Å². The van der Waals surface area contributed by atoms with Crippen molar-refractivity contribution in [2.24, 2.45) is 5.92 Å². The molecule has 2 atom stereocenters. The van der Waals surface area contributed by atoms with E-state index < -0.39 is 11.7 Å². The van der Waals surface area contributed by atoms with E-state index in [0.29, 0.717) is 18.2 Å². The van der Waals surface area contributed by atoms with Crippen molar-refractivity contribution in [2.45, 2.75) is 44.3 Å². The van der Waals surface area contributed by atoms with Crippen LogP contribution in [0, 0.1) is 17.2 Å². The summed E-state index contributed by atoms with van der Waals surface area (Å²) in [5.41, 5.74) is 0.637. The Bertz CT molecular complexity index is 895. The molecule has 2 saturated carbocycles. The molecule has 2 fully saturated rings. The maximum absolute atomic E-state index is 13.1. The minimum absolute atomic E-state index is 0.0347. The molecule has 10 heteroatoms. The zero-order chi connectivity index (χ0) is 19.2. The summed E-state index contributed by atoms with van der Waals surface area (Å²) < 4.78 is 41.1. The number of halogens is 3. The number of hydrogen-bond acceptors (Lipinski definition) is 6. The van der Waals surface area contributed by atoms with E-state index in [1.807, 2.05) is 0 Å². The summed E-state index contributed by atoms with van der Waals surface area (Å²) in [6.07, 6.45) is 0.856. The van der Waals surface area contributed by atoms with Crippen LogP contribution in [0.2, 0.25) is 0 Å². The van der Waals surface area contributed by atoms with Gasteiger partial charge in [0.25, 0.3) is 0 Å². The lowest BCUT2D eigenvalue weighted by Crippen LogP contribution is -2.14. The van der Waals surface area contributed by atoms with Crippen LogP contribution < -0.4 is 10.6 Å². The second-order valence-electron chi connectivity index (χ2n) is 6.83.